The van der Waals surface area contributed by atoms with Crippen LogP contribution in [-0.4, -0.2) is 45.2 Å². The van der Waals surface area contributed by atoms with Crippen molar-refractivity contribution in [1.29, 1.82) is 0 Å². The Morgan fingerprint density at radius 1 is 1.26 bits per heavy atom. The highest BCUT2D eigenvalue weighted by atomic mass is 16.4. The summed E-state index contributed by atoms with van der Waals surface area (Å²) >= 11 is 0. The molecular formula is C13H15NO5. The van der Waals surface area contributed by atoms with Gasteiger partial charge in [0.2, 0.25) is 0 Å². The third kappa shape index (κ3) is 3.37. The Bertz CT molecular complexity index is 510. The highest BCUT2D eigenvalue weighted by molar-refractivity contribution is 5.98. The molecule has 0 heterocycles. The monoisotopic (exact) mass is 265 g/mol. The average Bonchev–Trinajstić information content (AvgIpc) is 3.14. The average molecular weight is 265 g/mol. The second-order valence-corrected chi connectivity index (χ2v) is 4.72. The minimum Gasteiger partial charge on any atom is -0.508 e. The highest BCUT2D eigenvalue weighted by Crippen LogP contribution is 2.31. The van der Waals surface area contributed by atoms with Crippen LogP contribution in [0, 0.1) is 5.92 Å². The quantitative estimate of drug-likeness (QED) is 0.691. The van der Waals surface area contributed by atoms with E-state index in [1.807, 2.05) is 0 Å². The molecule has 2 rings (SSSR count). The summed E-state index contributed by atoms with van der Waals surface area (Å²) in [6.07, 6.45) is 1.96. The lowest BCUT2D eigenvalue weighted by atomic mass is 10.1. The molecule has 1 aromatic carbocycles. The van der Waals surface area contributed by atoms with Gasteiger partial charge in [0.05, 0.1) is 5.56 Å². The van der Waals surface area contributed by atoms with Crippen LogP contribution in [0.25, 0.3) is 0 Å². The number of benzene rings is 1. The van der Waals surface area contributed by atoms with E-state index in [0.29, 0.717) is 12.5 Å². The molecule has 6 nitrogen and oxygen atoms in total. The Morgan fingerprint density at radius 2 is 1.95 bits per heavy atom. The summed E-state index contributed by atoms with van der Waals surface area (Å²) in [5.41, 5.74) is -0.0816. The van der Waals surface area contributed by atoms with Crippen molar-refractivity contribution in [3.05, 3.63) is 23.8 Å². The molecule has 1 aliphatic carbocycles. The summed E-state index contributed by atoms with van der Waals surface area (Å²) in [6, 6.07) is 3.60. The first-order valence-electron chi connectivity index (χ1n) is 6.00. The van der Waals surface area contributed by atoms with E-state index in [4.69, 9.17) is 5.11 Å². The fourth-order valence-electron chi connectivity index (χ4n) is 1.86. The number of amides is 1. The lowest BCUT2D eigenvalue weighted by Gasteiger charge is -2.21. The van der Waals surface area contributed by atoms with Crippen LogP contribution in [0.4, 0.5) is 0 Å². The SMILES string of the molecule is O=C(O)CN(CC1CC1)C(=O)c1cc(O)ccc1O. The predicted octanol–water partition coefficient (Wildman–Crippen LogP) is 1.03. The number of rotatable bonds is 5. The molecule has 0 atom stereocenters. The van der Waals surface area contributed by atoms with E-state index in [-0.39, 0.29) is 17.1 Å². The Kier molecular flexibility index (Phi) is 3.59. The number of carboxylic acids is 1. The second kappa shape index (κ2) is 5.17. The maximum absolute atomic E-state index is 12.2. The van der Waals surface area contributed by atoms with Gasteiger partial charge in [0.1, 0.15) is 18.0 Å². The molecule has 1 aromatic rings. The fraction of sp³-hybridized carbons (Fsp3) is 0.385. The van der Waals surface area contributed by atoms with Gasteiger partial charge in [0, 0.05) is 6.54 Å². The van der Waals surface area contributed by atoms with Gasteiger partial charge in [-0.1, -0.05) is 0 Å². The van der Waals surface area contributed by atoms with Gasteiger partial charge in [-0.25, -0.2) is 0 Å². The molecule has 1 amide bonds. The Morgan fingerprint density at radius 3 is 2.53 bits per heavy atom. The van der Waals surface area contributed by atoms with Gasteiger partial charge in [0.15, 0.2) is 0 Å². The molecule has 0 aromatic heterocycles. The van der Waals surface area contributed by atoms with E-state index in [1.165, 1.54) is 17.0 Å². The minimum atomic E-state index is -1.10. The number of carbonyl (C=O) groups excluding carboxylic acids is 1. The third-order valence-corrected chi connectivity index (χ3v) is 3.00. The van der Waals surface area contributed by atoms with Gasteiger partial charge in [-0.2, -0.15) is 0 Å². The van der Waals surface area contributed by atoms with Crippen LogP contribution in [0.2, 0.25) is 0 Å². The van der Waals surface area contributed by atoms with E-state index in [1.54, 1.807) is 0 Å². The molecule has 0 aliphatic heterocycles. The Balaban J connectivity index is 2.21. The number of hydrogen-bond acceptors (Lipinski definition) is 4. The molecule has 0 spiro atoms. The molecular weight excluding hydrogens is 250 g/mol. The lowest BCUT2D eigenvalue weighted by Crippen LogP contribution is -2.37. The first-order valence-corrected chi connectivity index (χ1v) is 6.00. The molecule has 1 aliphatic rings. The second-order valence-electron chi connectivity index (χ2n) is 4.72. The zero-order valence-electron chi connectivity index (χ0n) is 10.2. The van der Waals surface area contributed by atoms with E-state index in [9.17, 15) is 19.8 Å². The van der Waals surface area contributed by atoms with Crippen molar-refractivity contribution in [1.82, 2.24) is 4.90 Å². The van der Waals surface area contributed by atoms with Crippen LogP contribution < -0.4 is 0 Å². The number of carbonyl (C=O) groups is 2. The summed E-state index contributed by atoms with van der Waals surface area (Å²) in [6.45, 7) is -0.0509. The lowest BCUT2D eigenvalue weighted by molar-refractivity contribution is -0.137. The number of phenols is 2. The summed E-state index contributed by atoms with van der Waals surface area (Å²) in [5.74, 6) is -1.77. The minimum absolute atomic E-state index is 0.0816. The van der Waals surface area contributed by atoms with Gasteiger partial charge in [-0.15, -0.1) is 0 Å². The van der Waals surface area contributed by atoms with Crippen molar-refractivity contribution in [3.63, 3.8) is 0 Å². The molecule has 3 N–H and O–H groups in total. The van der Waals surface area contributed by atoms with E-state index in [0.717, 1.165) is 18.9 Å². The topological polar surface area (TPSA) is 98.1 Å². The van der Waals surface area contributed by atoms with Gasteiger partial charge >= 0.3 is 5.97 Å². The number of aliphatic carboxylic acids is 1. The Hall–Kier alpha value is -2.24. The summed E-state index contributed by atoms with van der Waals surface area (Å²) in [4.78, 5) is 24.2. The predicted molar refractivity (Wildman–Crippen MR) is 66.0 cm³/mol. The van der Waals surface area contributed by atoms with Crippen molar-refractivity contribution in [3.8, 4) is 11.5 Å². The van der Waals surface area contributed by atoms with Crippen LogP contribution in [0.15, 0.2) is 18.2 Å². The molecule has 6 heteroatoms. The molecule has 19 heavy (non-hydrogen) atoms. The van der Waals surface area contributed by atoms with Crippen LogP contribution in [0.1, 0.15) is 23.2 Å². The maximum atomic E-state index is 12.2. The molecule has 1 fully saturated rings. The van der Waals surface area contributed by atoms with Crippen LogP contribution >= 0.6 is 0 Å². The molecule has 102 valence electrons. The zero-order chi connectivity index (χ0) is 14.0. The molecule has 0 unspecified atom stereocenters. The first-order chi connectivity index (χ1) is 8.97. The summed E-state index contributed by atoms with van der Waals surface area (Å²) in [5, 5.41) is 27.8. The van der Waals surface area contributed by atoms with E-state index in [2.05, 4.69) is 0 Å². The van der Waals surface area contributed by atoms with Crippen molar-refractivity contribution in [2.75, 3.05) is 13.1 Å². The molecule has 1 saturated carbocycles. The summed E-state index contributed by atoms with van der Waals surface area (Å²) < 4.78 is 0. The Labute approximate surface area is 109 Å². The number of nitrogens with zero attached hydrogens (tertiary/aromatic N) is 1. The van der Waals surface area contributed by atoms with Gasteiger partial charge in [0.25, 0.3) is 5.91 Å². The van der Waals surface area contributed by atoms with Gasteiger partial charge in [-0.05, 0) is 37.0 Å². The smallest absolute Gasteiger partial charge is 0.323 e. The van der Waals surface area contributed by atoms with Crippen LogP contribution in [-0.2, 0) is 4.79 Å². The zero-order valence-corrected chi connectivity index (χ0v) is 10.2. The highest BCUT2D eigenvalue weighted by Gasteiger charge is 2.29. The maximum Gasteiger partial charge on any atom is 0.323 e. The number of hydrogen-bond donors (Lipinski definition) is 3. The standard InChI is InChI=1S/C13H15NO5/c15-9-3-4-11(16)10(5-9)13(19)14(7-12(17)18)6-8-1-2-8/h3-5,8,15-16H,1-2,6-7H2,(H,17,18). The molecule has 0 radical (unpaired) electrons. The number of aromatic hydroxyl groups is 2. The van der Waals surface area contributed by atoms with E-state index >= 15 is 0 Å². The number of carboxylic acid groups (broad SMARTS) is 1. The van der Waals surface area contributed by atoms with Crippen molar-refractivity contribution >= 4 is 11.9 Å². The van der Waals surface area contributed by atoms with Gasteiger partial charge in [-0.3, -0.25) is 9.59 Å². The normalized spacial score (nSPS) is 14.1. The van der Waals surface area contributed by atoms with Crippen molar-refractivity contribution in [2.45, 2.75) is 12.8 Å². The molecule has 0 bridgehead atoms. The van der Waals surface area contributed by atoms with Crippen LogP contribution in [0.5, 0.6) is 11.5 Å². The van der Waals surface area contributed by atoms with E-state index < -0.39 is 18.4 Å². The number of phenolic OH excluding ortho intramolecular Hbond substituents is 2. The van der Waals surface area contributed by atoms with Crippen molar-refractivity contribution in [2.24, 2.45) is 5.92 Å². The molecule has 0 saturated heterocycles. The largest absolute Gasteiger partial charge is 0.508 e. The third-order valence-electron chi connectivity index (χ3n) is 3.00. The first kappa shape index (κ1) is 13.2. The fourth-order valence-corrected chi connectivity index (χ4v) is 1.86. The van der Waals surface area contributed by atoms with Gasteiger partial charge < -0.3 is 20.2 Å². The van der Waals surface area contributed by atoms with Crippen molar-refractivity contribution < 1.29 is 24.9 Å². The summed E-state index contributed by atoms with van der Waals surface area (Å²) in [7, 11) is 0. The van der Waals surface area contributed by atoms with Crippen LogP contribution in [0.3, 0.4) is 0 Å².